The molecule has 0 unspecified atom stereocenters. The molecular formula is C21H23BrN4O5. The Kier molecular flexibility index (Phi) is 6.49. The van der Waals surface area contributed by atoms with Gasteiger partial charge in [0.2, 0.25) is 0 Å². The number of aldehydes is 1. The van der Waals surface area contributed by atoms with Gasteiger partial charge in [0.05, 0.1) is 18.2 Å². The molecule has 3 atom stereocenters. The Morgan fingerprint density at radius 1 is 1.45 bits per heavy atom. The number of halogens is 1. The number of hydrogen-bond donors (Lipinski definition) is 2. The molecule has 0 spiro atoms. The number of aliphatic hydroxyl groups excluding tert-OH is 1. The number of carbonyl (C=O) groups is 2. The number of aliphatic hydroxyl groups is 1. The van der Waals surface area contributed by atoms with Crippen molar-refractivity contribution in [3.8, 4) is 0 Å². The van der Waals surface area contributed by atoms with Crippen LogP contribution in [0.5, 0.6) is 0 Å². The van der Waals surface area contributed by atoms with Gasteiger partial charge in [-0.05, 0) is 28.1 Å². The van der Waals surface area contributed by atoms with Crippen LogP contribution in [-0.2, 0) is 21.0 Å². The molecule has 0 aliphatic carbocycles. The fourth-order valence-corrected chi connectivity index (χ4v) is 4.37. The van der Waals surface area contributed by atoms with Gasteiger partial charge in [0, 0.05) is 43.1 Å². The Labute approximate surface area is 187 Å². The number of nitrogens with one attached hydrogen (secondary N) is 1. The van der Waals surface area contributed by atoms with Gasteiger partial charge in [-0.1, -0.05) is 23.4 Å². The van der Waals surface area contributed by atoms with Crippen LogP contribution >= 0.6 is 15.9 Å². The number of rotatable bonds is 7. The lowest BCUT2D eigenvalue weighted by Gasteiger charge is -2.33. The number of para-hydroxylation sites is 1. The summed E-state index contributed by atoms with van der Waals surface area (Å²) >= 11 is 3.28. The number of ether oxygens (including phenoxy) is 1. The SMILES string of the molecule is O=C[C@@]1(CNC[C@@H]2CC(Br)=NO2)C[C@@H](O)CN1C(=O)OCc1cnc2ccccc2c1. The molecule has 0 radical (unpaired) electrons. The second kappa shape index (κ2) is 9.29. The molecule has 0 saturated carbocycles. The van der Waals surface area contributed by atoms with E-state index in [4.69, 9.17) is 9.57 Å². The minimum Gasteiger partial charge on any atom is -0.444 e. The van der Waals surface area contributed by atoms with Gasteiger partial charge in [-0.2, -0.15) is 0 Å². The topological polar surface area (TPSA) is 113 Å². The molecule has 2 N–H and O–H groups in total. The van der Waals surface area contributed by atoms with Crippen molar-refractivity contribution in [1.29, 1.82) is 0 Å². The molecule has 1 amide bonds. The molecular weight excluding hydrogens is 468 g/mol. The predicted octanol–water partition coefficient (Wildman–Crippen LogP) is 1.96. The Morgan fingerprint density at radius 3 is 3.06 bits per heavy atom. The van der Waals surface area contributed by atoms with Crippen LogP contribution in [0.1, 0.15) is 18.4 Å². The maximum atomic E-state index is 12.8. The third-order valence-corrected chi connectivity index (χ3v) is 5.94. The van der Waals surface area contributed by atoms with Crippen LogP contribution in [0.25, 0.3) is 10.9 Å². The largest absolute Gasteiger partial charge is 0.444 e. The van der Waals surface area contributed by atoms with Crippen molar-refractivity contribution in [2.45, 2.75) is 37.2 Å². The molecule has 9 nitrogen and oxygen atoms in total. The average molecular weight is 491 g/mol. The van der Waals surface area contributed by atoms with E-state index in [-0.39, 0.29) is 32.2 Å². The van der Waals surface area contributed by atoms with Gasteiger partial charge in [-0.3, -0.25) is 9.88 Å². The summed E-state index contributed by atoms with van der Waals surface area (Å²) in [5.74, 6) is 0. The highest BCUT2D eigenvalue weighted by Crippen LogP contribution is 2.29. The zero-order chi connectivity index (χ0) is 21.8. The molecule has 1 fully saturated rings. The first-order valence-corrected chi connectivity index (χ1v) is 10.8. The lowest BCUT2D eigenvalue weighted by Crippen LogP contribution is -2.55. The summed E-state index contributed by atoms with van der Waals surface area (Å²) < 4.78 is 6.19. The van der Waals surface area contributed by atoms with E-state index in [0.29, 0.717) is 19.3 Å². The highest BCUT2D eigenvalue weighted by Gasteiger charge is 2.48. The van der Waals surface area contributed by atoms with Crippen molar-refractivity contribution < 1.29 is 24.3 Å². The number of amides is 1. The molecule has 1 saturated heterocycles. The molecule has 10 heteroatoms. The Hall–Kier alpha value is -2.56. The second-order valence-electron chi connectivity index (χ2n) is 7.81. The van der Waals surface area contributed by atoms with E-state index in [9.17, 15) is 14.7 Å². The molecule has 1 aromatic carbocycles. The van der Waals surface area contributed by atoms with Crippen LogP contribution < -0.4 is 5.32 Å². The summed E-state index contributed by atoms with van der Waals surface area (Å²) in [6.45, 7) is 0.685. The molecule has 2 aliphatic heterocycles. The second-order valence-corrected chi connectivity index (χ2v) is 8.73. The van der Waals surface area contributed by atoms with Gasteiger partial charge in [0.1, 0.15) is 29.2 Å². The number of benzene rings is 1. The van der Waals surface area contributed by atoms with E-state index in [0.717, 1.165) is 21.1 Å². The van der Waals surface area contributed by atoms with Crippen LogP contribution in [0.2, 0.25) is 0 Å². The lowest BCUT2D eigenvalue weighted by atomic mass is 9.97. The van der Waals surface area contributed by atoms with Crippen molar-refractivity contribution >= 4 is 43.8 Å². The number of nitrogens with zero attached hydrogens (tertiary/aromatic N) is 3. The number of oxime groups is 1. The van der Waals surface area contributed by atoms with Gasteiger partial charge in [0.25, 0.3) is 0 Å². The van der Waals surface area contributed by atoms with Crippen molar-refractivity contribution in [1.82, 2.24) is 15.2 Å². The summed E-state index contributed by atoms with van der Waals surface area (Å²) in [6.07, 6.45) is 1.54. The zero-order valence-corrected chi connectivity index (χ0v) is 18.3. The minimum atomic E-state index is -1.19. The van der Waals surface area contributed by atoms with E-state index >= 15 is 0 Å². The molecule has 164 valence electrons. The Morgan fingerprint density at radius 2 is 2.29 bits per heavy atom. The maximum Gasteiger partial charge on any atom is 0.411 e. The van der Waals surface area contributed by atoms with E-state index in [1.54, 1.807) is 6.20 Å². The van der Waals surface area contributed by atoms with E-state index in [1.807, 2.05) is 30.3 Å². The van der Waals surface area contributed by atoms with Crippen LogP contribution in [0.4, 0.5) is 4.79 Å². The number of pyridine rings is 1. The first-order chi connectivity index (χ1) is 15.0. The molecule has 2 aromatic rings. The monoisotopic (exact) mass is 490 g/mol. The number of carbonyl (C=O) groups excluding carboxylic acids is 2. The normalized spacial score (nSPS) is 25.4. The summed E-state index contributed by atoms with van der Waals surface area (Å²) in [5, 5.41) is 18.1. The summed E-state index contributed by atoms with van der Waals surface area (Å²) in [5.41, 5.74) is 0.412. The minimum absolute atomic E-state index is 0.0207. The van der Waals surface area contributed by atoms with Crippen molar-refractivity contribution in [2.24, 2.45) is 5.16 Å². The third-order valence-electron chi connectivity index (χ3n) is 5.47. The number of β-amino-alcohol motifs (C(OH)–C–C–N with tert-alkyl or cyclic N) is 1. The highest BCUT2D eigenvalue weighted by molar-refractivity contribution is 9.18. The average Bonchev–Trinajstić information content (AvgIpc) is 3.34. The van der Waals surface area contributed by atoms with Gasteiger partial charge >= 0.3 is 6.09 Å². The molecule has 31 heavy (non-hydrogen) atoms. The highest BCUT2D eigenvalue weighted by atomic mass is 79.9. The number of likely N-dealkylation sites (tertiary alicyclic amines) is 1. The van der Waals surface area contributed by atoms with E-state index < -0.39 is 17.7 Å². The summed E-state index contributed by atoms with van der Waals surface area (Å²) in [4.78, 5) is 35.7. The smallest absolute Gasteiger partial charge is 0.411 e. The van der Waals surface area contributed by atoms with Gasteiger partial charge in [-0.15, -0.1) is 0 Å². The molecule has 1 aromatic heterocycles. The van der Waals surface area contributed by atoms with Gasteiger partial charge in [-0.25, -0.2) is 4.79 Å². The molecule has 2 aliphatic rings. The third kappa shape index (κ3) is 4.86. The quantitative estimate of drug-likeness (QED) is 0.570. The standard InChI is InChI=1S/C21H23BrN4O5/c22-19-6-17(31-25-19)9-23-12-21(13-27)7-16(28)10-26(21)20(29)30-11-14-5-15-3-1-2-4-18(15)24-8-14/h1-5,8,13,16-17,23,28H,6-7,9-12H2/t16-,17+,21+/m1/s1. The number of aromatic nitrogens is 1. The van der Waals surface area contributed by atoms with Crippen molar-refractivity contribution in [3.05, 3.63) is 42.1 Å². The fraction of sp³-hybridized carbons (Fsp3) is 0.429. The molecule has 4 rings (SSSR count). The molecule has 0 bridgehead atoms. The van der Waals surface area contributed by atoms with Crippen LogP contribution in [0.15, 0.2) is 41.7 Å². The van der Waals surface area contributed by atoms with Crippen LogP contribution in [-0.4, -0.2) is 69.4 Å². The summed E-state index contributed by atoms with van der Waals surface area (Å²) in [7, 11) is 0. The van der Waals surface area contributed by atoms with Gasteiger partial charge < -0.3 is 24.8 Å². The van der Waals surface area contributed by atoms with E-state index in [1.165, 1.54) is 4.90 Å². The predicted molar refractivity (Wildman–Crippen MR) is 117 cm³/mol. The van der Waals surface area contributed by atoms with Gasteiger partial charge in [0.15, 0.2) is 0 Å². The number of fused-ring (bicyclic) bond motifs is 1. The van der Waals surface area contributed by atoms with Crippen molar-refractivity contribution in [3.63, 3.8) is 0 Å². The Balaban J connectivity index is 1.37. The number of hydrogen-bond acceptors (Lipinski definition) is 8. The van der Waals surface area contributed by atoms with Crippen LogP contribution in [0.3, 0.4) is 0 Å². The maximum absolute atomic E-state index is 12.8. The van der Waals surface area contributed by atoms with Crippen molar-refractivity contribution in [2.75, 3.05) is 19.6 Å². The fourth-order valence-electron chi connectivity index (χ4n) is 3.92. The van der Waals surface area contributed by atoms with E-state index in [2.05, 4.69) is 31.4 Å². The molecule has 3 heterocycles. The van der Waals surface area contributed by atoms with Crippen LogP contribution in [0, 0.1) is 0 Å². The Bertz CT molecular complexity index is 1000. The first-order valence-electron chi connectivity index (χ1n) is 10.0. The zero-order valence-electron chi connectivity index (χ0n) is 16.7. The summed E-state index contributed by atoms with van der Waals surface area (Å²) in [6, 6.07) is 9.57. The lowest BCUT2D eigenvalue weighted by molar-refractivity contribution is -0.116. The first kappa shape index (κ1) is 21.7.